The highest BCUT2D eigenvalue weighted by atomic mass is 19.1. The van der Waals surface area contributed by atoms with E-state index in [4.69, 9.17) is 5.26 Å². The average Bonchev–Trinajstić information content (AvgIpc) is 2.24. The van der Waals surface area contributed by atoms with Gasteiger partial charge >= 0.3 is 0 Å². The van der Waals surface area contributed by atoms with E-state index < -0.39 is 0 Å². The molecule has 2 nitrogen and oxygen atoms in total. The van der Waals surface area contributed by atoms with Crippen LogP contribution in [0.3, 0.4) is 0 Å². The summed E-state index contributed by atoms with van der Waals surface area (Å²) in [5, 5.41) is 8.97. The van der Waals surface area contributed by atoms with E-state index in [9.17, 15) is 4.39 Å². The van der Waals surface area contributed by atoms with Crippen LogP contribution in [-0.2, 0) is 6.54 Å². The van der Waals surface area contributed by atoms with Crippen molar-refractivity contribution in [2.75, 3.05) is 13.6 Å². The van der Waals surface area contributed by atoms with Gasteiger partial charge in [0.25, 0.3) is 0 Å². The molecule has 1 aliphatic rings. The molecule has 2 rings (SSSR count). The molecule has 3 heteroatoms. The summed E-state index contributed by atoms with van der Waals surface area (Å²) in [4.78, 5) is 2.18. The minimum absolute atomic E-state index is 0.268. The summed E-state index contributed by atoms with van der Waals surface area (Å²) in [6.45, 7) is 1.69. The van der Waals surface area contributed by atoms with Crippen LogP contribution < -0.4 is 0 Å². The number of hydrogen-bond donors (Lipinski definition) is 0. The molecule has 0 atom stereocenters. The van der Waals surface area contributed by atoms with Crippen molar-refractivity contribution in [3.8, 4) is 6.07 Å². The van der Waals surface area contributed by atoms with Crippen LogP contribution in [0.15, 0.2) is 18.2 Å². The molecule has 0 amide bonds. The lowest BCUT2D eigenvalue weighted by Crippen LogP contribution is -2.29. The number of nitrogens with zero attached hydrogens (tertiary/aromatic N) is 2. The first-order chi connectivity index (χ1) is 8.19. The molecule has 0 radical (unpaired) electrons. The van der Waals surface area contributed by atoms with E-state index in [1.165, 1.54) is 31.4 Å². The van der Waals surface area contributed by atoms with Gasteiger partial charge in [-0.1, -0.05) is 6.42 Å². The summed E-state index contributed by atoms with van der Waals surface area (Å²) in [5.41, 5.74) is 1.36. The second-order valence-electron chi connectivity index (χ2n) is 4.91. The van der Waals surface area contributed by atoms with Crippen LogP contribution in [0.5, 0.6) is 0 Å². The third kappa shape index (κ3) is 3.04. The molecule has 1 aromatic carbocycles. The number of benzene rings is 1. The van der Waals surface area contributed by atoms with Gasteiger partial charge < -0.3 is 4.90 Å². The van der Waals surface area contributed by atoms with Gasteiger partial charge in [-0.3, -0.25) is 0 Å². The summed E-state index contributed by atoms with van der Waals surface area (Å²) < 4.78 is 13.1. The van der Waals surface area contributed by atoms with Gasteiger partial charge in [-0.2, -0.15) is 5.26 Å². The van der Waals surface area contributed by atoms with E-state index in [-0.39, 0.29) is 5.82 Å². The zero-order valence-electron chi connectivity index (χ0n) is 10.1. The Morgan fingerprint density at radius 2 is 2.24 bits per heavy atom. The van der Waals surface area contributed by atoms with Crippen LogP contribution in [0.4, 0.5) is 4.39 Å². The van der Waals surface area contributed by atoms with Crippen molar-refractivity contribution in [3.63, 3.8) is 0 Å². The third-order valence-electron chi connectivity index (χ3n) is 3.42. The lowest BCUT2D eigenvalue weighted by Gasteiger charge is -2.30. The molecule has 0 N–H and O–H groups in total. The molecule has 17 heavy (non-hydrogen) atoms. The Morgan fingerprint density at radius 3 is 2.82 bits per heavy atom. The van der Waals surface area contributed by atoms with Gasteiger partial charge in [-0.05, 0) is 49.6 Å². The quantitative estimate of drug-likeness (QED) is 0.798. The van der Waals surface area contributed by atoms with E-state index in [1.54, 1.807) is 6.07 Å². The zero-order chi connectivity index (χ0) is 12.3. The van der Waals surface area contributed by atoms with E-state index >= 15 is 0 Å². The van der Waals surface area contributed by atoms with Crippen LogP contribution in [0.25, 0.3) is 0 Å². The summed E-state index contributed by atoms with van der Waals surface area (Å²) in [6.07, 6.45) is 3.94. The van der Waals surface area contributed by atoms with Crippen molar-refractivity contribution in [2.45, 2.75) is 25.8 Å². The van der Waals surface area contributed by atoms with Crippen molar-refractivity contribution in [3.05, 3.63) is 35.1 Å². The van der Waals surface area contributed by atoms with Gasteiger partial charge in [-0.15, -0.1) is 0 Å². The SMILES string of the molecule is CN(Cc1cc(F)ccc1C#N)CC1CCC1. The summed E-state index contributed by atoms with van der Waals surface area (Å²) in [7, 11) is 2.03. The fraction of sp³-hybridized carbons (Fsp3) is 0.500. The van der Waals surface area contributed by atoms with Crippen molar-refractivity contribution in [1.29, 1.82) is 5.26 Å². The molecule has 0 aliphatic heterocycles. The van der Waals surface area contributed by atoms with Crippen molar-refractivity contribution < 1.29 is 4.39 Å². The largest absolute Gasteiger partial charge is 0.302 e. The average molecular weight is 232 g/mol. The van der Waals surface area contributed by atoms with Gasteiger partial charge in [0.05, 0.1) is 11.6 Å². The van der Waals surface area contributed by atoms with Gasteiger partial charge in [0.2, 0.25) is 0 Å². The first-order valence-corrected chi connectivity index (χ1v) is 6.06. The van der Waals surface area contributed by atoms with E-state index in [2.05, 4.69) is 11.0 Å². The Labute approximate surface area is 102 Å². The molecule has 0 heterocycles. The highest BCUT2D eigenvalue weighted by Crippen LogP contribution is 2.27. The minimum Gasteiger partial charge on any atom is -0.302 e. The predicted octanol–water partition coefficient (Wildman–Crippen LogP) is 2.93. The minimum atomic E-state index is -0.268. The smallest absolute Gasteiger partial charge is 0.123 e. The Hall–Kier alpha value is -1.40. The summed E-state index contributed by atoms with van der Waals surface area (Å²) in [6, 6.07) is 6.48. The van der Waals surface area contributed by atoms with E-state index in [0.29, 0.717) is 12.1 Å². The number of nitriles is 1. The highest BCUT2D eigenvalue weighted by molar-refractivity contribution is 5.37. The lowest BCUT2D eigenvalue weighted by molar-refractivity contribution is 0.200. The Kier molecular flexibility index (Phi) is 3.75. The maximum Gasteiger partial charge on any atom is 0.123 e. The normalized spacial score (nSPS) is 15.6. The molecule has 1 aliphatic carbocycles. The molecule has 0 unspecified atom stereocenters. The molecule has 0 bridgehead atoms. The maximum atomic E-state index is 13.1. The Balaban J connectivity index is 2.01. The van der Waals surface area contributed by atoms with Crippen LogP contribution in [0.1, 0.15) is 30.4 Å². The van der Waals surface area contributed by atoms with E-state index in [1.807, 2.05) is 7.05 Å². The molecular formula is C14H17FN2. The number of rotatable bonds is 4. The van der Waals surface area contributed by atoms with Crippen LogP contribution in [-0.4, -0.2) is 18.5 Å². The topological polar surface area (TPSA) is 27.0 Å². The molecule has 1 fully saturated rings. The second-order valence-corrected chi connectivity index (χ2v) is 4.91. The monoisotopic (exact) mass is 232 g/mol. The first kappa shape index (κ1) is 12.1. The molecular weight excluding hydrogens is 215 g/mol. The van der Waals surface area contributed by atoms with Crippen molar-refractivity contribution in [1.82, 2.24) is 4.90 Å². The molecule has 0 spiro atoms. The predicted molar refractivity (Wildman–Crippen MR) is 64.8 cm³/mol. The lowest BCUT2D eigenvalue weighted by atomic mass is 9.85. The second kappa shape index (κ2) is 5.29. The van der Waals surface area contributed by atoms with Gasteiger partial charge in [-0.25, -0.2) is 4.39 Å². The van der Waals surface area contributed by atoms with Gasteiger partial charge in [0.1, 0.15) is 5.82 Å². The number of hydrogen-bond acceptors (Lipinski definition) is 2. The van der Waals surface area contributed by atoms with Crippen LogP contribution in [0.2, 0.25) is 0 Å². The third-order valence-corrected chi connectivity index (χ3v) is 3.42. The molecule has 1 aromatic rings. The van der Waals surface area contributed by atoms with Crippen LogP contribution >= 0.6 is 0 Å². The highest BCUT2D eigenvalue weighted by Gasteiger charge is 2.19. The van der Waals surface area contributed by atoms with Gasteiger partial charge in [0.15, 0.2) is 0 Å². The van der Waals surface area contributed by atoms with Crippen molar-refractivity contribution in [2.24, 2.45) is 5.92 Å². The molecule has 0 saturated heterocycles. The van der Waals surface area contributed by atoms with Gasteiger partial charge in [0, 0.05) is 13.1 Å². The Bertz CT molecular complexity index is 432. The summed E-state index contributed by atoms with van der Waals surface area (Å²) in [5.74, 6) is 0.523. The molecule has 90 valence electrons. The standard InChI is InChI=1S/C14H17FN2/c1-17(9-11-3-2-4-11)10-13-7-14(15)6-5-12(13)8-16/h5-7,11H,2-4,9-10H2,1H3. The fourth-order valence-electron chi connectivity index (χ4n) is 2.27. The molecule has 0 aromatic heterocycles. The molecule has 1 saturated carbocycles. The summed E-state index contributed by atoms with van der Waals surface area (Å²) >= 11 is 0. The zero-order valence-corrected chi connectivity index (χ0v) is 10.1. The first-order valence-electron chi connectivity index (χ1n) is 6.06. The number of halogens is 1. The van der Waals surface area contributed by atoms with E-state index in [0.717, 1.165) is 18.0 Å². The van der Waals surface area contributed by atoms with Crippen LogP contribution in [0, 0.1) is 23.1 Å². The van der Waals surface area contributed by atoms with Crippen molar-refractivity contribution >= 4 is 0 Å². The maximum absolute atomic E-state index is 13.1. The fourth-order valence-corrected chi connectivity index (χ4v) is 2.27. The Morgan fingerprint density at radius 1 is 1.47 bits per heavy atom.